The molecule has 0 aliphatic rings. The predicted molar refractivity (Wildman–Crippen MR) is 276 cm³/mol. The van der Waals surface area contributed by atoms with Crippen molar-refractivity contribution in [2.75, 3.05) is 18.2 Å². The summed E-state index contributed by atoms with van der Waals surface area (Å²) in [4.78, 5) is 37.2. The van der Waals surface area contributed by atoms with Crippen LogP contribution in [-0.2, 0) is 68.6 Å². The summed E-state index contributed by atoms with van der Waals surface area (Å²) in [5.41, 5.74) is 5.91. The number of hydrogen-bond donors (Lipinski definition) is 3. The second-order valence-corrected chi connectivity index (χ2v) is 19.3. The molecule has 0 fully saturated rings. The number of carbonyl (C=O) groups excluding carboxylic acids is 1. The molecular formula is C47H40N12O16S4. The maximum absolute atomic E-state index is 12.3. The molecule has 0 spiro atoms. The number of carboxylic acids is 1. The average Bonchev–Trinajstić information content (AvgIpc) is 3.43. The summed E-state index contributed by atoms with van der Waals surface area (Å²) in [7, 11) is -15.3. The van der Waals surface area contributed by atoms with Crippen LogP contribution >= 0.6 is 0 Å². The lowest BCUT2D eigenvalue weighted by Gasteiger charge is -2.20. The minimum atomic E-state index is -4.73. The van der Waals surface area contributed by atoms with Crippen molar-refractivity contribution in [1.82, 2.24) is 15.0 Å². The van der Waals surface area contributed by atoms with E-state index in [-0.39, 0.29) is 53.2 Å². The summed E-state index contributed by atoms with van der Waals surface area (Å²) in [5, 5.41) is 43.1. The van der Waals surface area contributed by atoms with E-state index in [0.717, 1.165) is 22.8 Å². The van der Waals surface area contributed by atoms with Gasteiger partial charge in [0.15, 0.2) is 6.73 Å². The smallest absolute Gasteiger partial charge is 0.425 e. The van der Waals surface area contributed by atoms with E-state index < -0.39 is 65.6 Å². The molecule has 6 aromatic carbocycles. The number of carboxylic acid groups (broad SMARTS) is 1. The molecule has 1 aromatic heterocycles. The van der Waals surface area contributed by atoms with Gasteiger partial charge in [-0.2, -0.15) is 62.6 Å². The molecule has 1 heterocycles. The van der Waals surface area contributed by atoms with Crippen molar-refractivity contribution in [3.8, 4) is 0 Å². The predicted octanol–water partition coefficient (Wildman–Crippen LogP) is 8.84. The van der Waals surface area contributed by atoms with Gasteiger partial charge in [0.2, 0.25) is 5.95 Å². The third kappa shape index (κ3) is 20.5. The largest absolute Gasteiger partial charge is 0.480 e. The van der Waals surface area contributed by atoms with Crippen LogP contribution in [-0.4, -0.2) is 97.0 Å². The number of nitrogens with zero attached hydrogens (tertiary/aromatic N) is 12. The number of aryl methyl sites for hydroxylation is 2. The summed E-state index contributed by atoms with van der Waals surface area (Å²) in [6, 6.07) is 35.5. The molecule has 7 rings (SSSR count). The van der Waals surface area contributed by atoms with Crippen LogP contribution in [0, 0.1) is 13.8 Å². The molecule has 0 aliphatic carbocycles. The van der Waals surface area contributed by atoms with Gasteiger partial charge >= 0.3 is 27.2 Å². The molecule has 32 heteroatoms. The van der Waals surface area contributed by atoms with Gasteiger partial charge in [-0.05, 0) is 127 Å². The Kier molecular flexibility index (Phi) is 21.9. The van der Waals surface area contributed by atoms with Gasteiger partial charge in [0, 0.05) is 12.8 Å². The quantitative estimate of drug-likeness (QED) is 0.0277. The highest BCUT2D eigenvalue weighted by Crippen LogP contribution is 2.33. The number of anilines is 1. The highest BCUT2D eigenvalue weighted by Gasteiger charge is 2.20. The standard InChI is InChI=1S/C47H40N12O10S2.2O3S/c1-30-22-32(8-19-40(30)56-54-36-12-10-35(11-13-36)52-53-37-14-17-39(18-15-37)70(63,64)65)24-44-48-45(50-47(49-44)59(27-46(61)62)28-69-29-60)25-33-9-20-41(31(2)23-33)57-58-42-21-16-38(26-43(42)71(66,67)68)55-51-34-6-4-3-5-7-34;2*1-4(2)3/h3-23,26,29H,24-25,27-28H2,1-2H3,(H,61,62)(H,63,64,65)(H,66,67,68);;. The monoisotopic (exact) mass is 1160 g/mol. The molecule has 7 aromatic rings. The zero-order chi connectivity index (χ0) is 57.7. The van der Waals surface area contributed by atoms with Crippen LogP contribution in [0.3, 0.4) is 0 Å². The Morgan fingerprint density at radius 1 is 0.544 bits per heavy atom. The summed E-state index contributed by atoms with van der Waals surface area (Å²) in [6.07, 6.45) is 0.343. The number of aliphatic carboxylic acids is 1. The first-order chi connectivity index (χ1) is 37.4. The van der Waals surface area contributed by atoms with Crippen molar-refractivity contribution >= 4 is 105 Å². The normalized spacial score (nSPS) is 11.4. The van der Waals surface area contributed by atoms with Gasteiger partial charge in [-0.15, -0.1) is 30.4 Å². The van der Waals surface area contributed by atoms with Crippen molar-refractivity contribution in [2.45, 2.75) is 36.5 Å². The van der Waals surface area contributed by atoms with E-state index in [1.807, 2.05) is 25.1 Å². The Labute approximate surface area is 451 Å². The molecular weight excluding hydrogens is 1120 g/mol. The number of hydrogen-bond acceptors (Lipinski definition) is 25. The Balaban J connectivity index is 0.00000134. The van der Waals surface area contributed by atoms with Gasteiger partial charge in [-0.3, -0.25) is 23.6 Å². The summed E-state index contributed by atoms with van der Waals surface area (Å²) in [6.45, 7) is 2.78. The fourth-order valence-corrected chi connectivity index (χ4v) is 7.65. The van der Waals surface area contributed by atoms with Gasteiger partial charge in [-0.25, -0.2) is 4.98 Å². The van der Waals surface area contributed by atoms with Crippen molar-refractivity contribution in [3.05, 3.63) is 167 Å². The lowest BCUT2D eigenvalue weighted by atomic mass is 10.1. The van der Waals surface area contributed by atoms with Gasteiger partial charge < -0.3 is 9.84 Å². The number of aromatic nitrogens is 3. The Hall–Kier alpha value is -9.47. The molecule has 0 saturated heterocycles. The van der Waals surface area contributed by atoms with E-state index in [1.54, 1.807) is 79.7 Å². The topological polar surface area (TPSA) is 416 Å². The van der Waals surface area contributed by atoms with Crippen molar-refractivity contribution in [1.29, 1.82) is 0 Å². The number of carbonyl (C=O) groups is 2. The van der Waals surface area contributed by atoms with E-state index in [2.05, 4.69) is 50.9 Å². The third-order valence-electron chi connectivity index (χ3n) is 9.93. The summed E-state index contributed by atoms with van der Waals surface area (Å²) >= 11 is 0. The van der Waals surface area contributed by atoms with Crippen LogP contribution in [0.15, 0.2) is 184 Å². The minimum absolute atomic E-state index is 0.0393. The van der Waals surface area contributed by atoms with Crippen molar-refractivity contribution in [2.24, 2.45) is 40.9 Å². The summed E-state index contributed by atoms with van der Waals surface area (Å²) < 4.78 is 122. The number of benzene rings is 6. The van der Waals surface area contributed by atoms with Crippen LogP contribution in [0.4, 0.5) is 51.4 Å². The first kappa shape index (κ1) is 60.4. The van der Waals surface area contributed by atoms with Crippen molar-refractivity contribution < 1.29 is 70.6 Å². The zero-order valence-corrected chi connectivity index (χ0v) is 44.0. The van der Waals surface area contributed by atoms with Gasteiger partial charge in [0.1, 0.15) is 28.8 Å². The Morgan fingerprint density at radius 3 is 1.39 bits per heavy atom. The molecule has 0 radical (unpaired) electrons. The van der Waals surface area contributed by atoms with E-state index in [9.17, 15) is 36.1 Å². The number of rotatable bonds is 20. The first-order valence-electron chi connectivity index (χ1n) is 21.9. The highest BCUT2D eigenvalue weighted by molar-refractivity contribution is 7.86. The van der Waals surface area contributed by atoms with Crippen LogP contribution < -0.4 is 4.90 Å². The number of ether oxygens (including phenoxy) is 1. The molecule has 0 bridgehead atoms. The fraction of sp³-hybridized carbons (Fsp3) is 0.128. The molecule has 0 saturated carbocycles. The zero-order valence-electron chi connectivity index (χ0n) is 40.8. The van der Waals surface area contributed by atoms with E-state index >= 15 is 0 Å². The number of azo groups is 4. The third-order valence-corrected chi connectivity index (χ3v) is 11.7. The van der Waals surface area contributed by atoms with E-state index in [1.165, 1.54) is 41.3 Å². The maximum Gasteiger partial charge on any atom is 0.425 e. The molecule has 408 valence electrons. The minimum Gasteiger partial charge on any atom is -0.480 e. The lowest BCUT2D eigenvalue weighted by Crippen LogP contribution is -2.34. The van der Waals surface area contributed by atoms with Gasteiger partial charge in [-0.1, -0.05) is 42.5 Å². The van der Waals surface area contributed by atoms with Crippen LogP contribution in [0.1, 0.15) is 33.9 Å². The van der Waals surface area contributed by atoms with Gasteiger partial charge in [0.05, 0.1) is 44.7 Å². The first-order valence-corrected chi connectivity index (χ1v) is 26.8. The van der Waals surface area contributed by atoms with E-state index in [0.29, 0.717) is 39.7 Å². The summed E-state index contributed by atoms with van der Waals surface area (Å²) in [5.74, 6) is -0.700. The second kappa shape index (κ2) is 28.6. The Bertz CT molecular complexity index is 3890. The second-order valence-electron chi connectivity index (χ2n) is 15.7. The highest BCUT2D eigenvalue weighted by atomic mass is 32.2. The molecule has 0 amide bonds. The van der Waals surface area contributed by atoms with E-state index in [4.69, 9.17) is 39.5 Å². The molecule has 3 N–H and O–H groups in total. The van der Waals surface area contributed by atoms with Gasteiger partial charge in [0.25, 0.3) is 26.7 Å². The lowest BCUT2D eigenvalue weighted by molar-refractivity contribution is -0.136. The van der Waals surface area contributed by atoms with Crippen molar-refractivity contribution in [3.63, 3.8) is 0 Å². The average molecular weight is 1160 g/mol. The molecule has 0 unspecified atom stereocenters. The van der Waals surface area contributed by atoms with Crippen LogP contribution in [0.2, 0.25) is 0 Å². The molecule has 79 heavy (non-hydrogen) atoms. The molecule has 0 aliphatic heterocycles. The van der Waals surface area contributed by atoms with Crippen LogP contribution in [0.5, 0.6) is 0 Å². The Morgan fingerprint density at radius 2 is 0.949 bits per heavy atom. The molecule has 28 nitrogen and oxygen atoms in total. The maximum atomic E-state index is 12.3. The SMILES string of the molecule is Cc1cc(Cc2nc(Cc3ccc(N=Nc4ccc(N=Nc5ccccc5)cc4S(=O)(=O)O)c(C)c3)nc(N(COC=O)CC(=O)O)n2)ccc1N=Nc1ccc(N=Nc2ccc(S(=O)(=O)O)cc2)cc1.O=S(=O)=O.O=S(=O)=O. The fourth-order valence-electron chi connectivity index (χ4n) is 6.53. The molecule has 0 atom stereocenters. The van der Waals surface area contributed by atoms with Crippen LogP contribution in [0.25, 0.3) is 0 Å².